The highest BCUT2D eigenvalue weighted by molar-refractivity contribution is 5.73. The van der Waals surface area contributed by atoms with Crippen LogP contribution >= 0.6 is 0 Å². The van der Waals surface area contributed by atoms with Crippen LogP contribution in [0.3, 0.4) is 0 Å². The van der Waals surface area contributed by atoms with Crippen molar-refractivity contribution in [2.24, 2.45) is 5.73 Å². The van der Waals surface area contributed by atoms with Crippen molar-refractivity contribution in [2.75, 3.05) is 6.61 Å². The van der Waals surface area contributed by atoms with Gasteiger partial charge in [0.15, 0.2) is 11.6 Å². The summed E-state index contributed by atoms with van der Waals surface area (Å²) in [7, 11) is 0. The first-order valence-corrected chi connectivity index (χ1v) is 7.81. The average molecular weight is 333 g/mol. The molecule has 0 saturated carbocycles. The Morgan fingerprint density at radius 2 is 1.83 bits per heavy atom. The van der Waals surface area contributed by atoms with Crippen molar-refractivity contribution in [3.8, 4) is 11.1 Å². The largest absolute Gasteiger partial charge is 0.466 e. The molecule has 0 saturated heterocycles. The van der Waals surface area contributed by atoms with E-state index in [-0.39, 0.29) is 18.6 Å². The van der Waals surface area contributed by atoms with Crippen molar-refractivity contribution in [1.29, 1.82) is 0 Å². The maximum atomic E-state index is 14.2. The minimum atomic E-state index is -1.03. The Balaban J connectivity index is 2.47. The summed E-state index contributed by atoms with van der Waals surface area (Å²) < 4.78 is 33.1. The van der Waals surface area contributed by atoms with Crippen molar-refractivity contribution in [3.05, 3.63) is 58.7 Å². The van der Waals surface area contributed by atoms with E-state index in [2.05, 4.69) is 0 Å². The van der Waals surface area contributed by atoms with Gasteiger partial charge < -0.3 is 10.5 Å². The molecule has 2 N–H and O–H groups in total. The highest BCUT2D eigenvalue weighted by Crippen LogP contribution is 2.32. The van der Waals surface area contributed by atoms with Crippen LogP contribution in [-0.4, -0.2) is 12.6 Å². The fraction of sp³-hybridized carbons (Fsp3) is 0.316. The van der Waals surface area contributed by atoms with Crippen LogP contribution in [0.1, 0.15) is 36.1 Å². The first-order valence-electron chi connectivity index (χ1n) is 7.81. The normalized spacial score (nSPS) is 12.1. The van der Waals surface area contributed by atoms with E-state index in [4.69, 9.17) is 10.5 Å². The number of halogens is 2. The van der Waals surface area contributed by atoms with E-state index in [1.807, 2.05) is 32.0 Å². The zero-order valence-corrected chi connectivity index (χ0v) is 14.0. The van der Waals surface area contributed by atoms with E-state index < -0.39 is 23.6 Å². The average Bonchev–Trinajstić information content (AvgIpc) is 2.50. The summed E-state index contributed by atoms with van der Waals surface area (Å²) in [6, 6.07) is 7.41. The molecule has 5 heteroatoms. The van der Waals surface area contributed by atoms with Crippen molar-refractivity contribution < 1.29 is 18.3 Å². The molecule has 0 aliphatic carbocycles. The number of hydrogen-bond acceptors (Lipinski definition) is 3. The minimum absolute atomic E-state index is 0.0271. The second-order valence-electron chi connectivity index (χ2n) is 5.74. The van der Waals surface area contributed by atoms with Gasteiger partial charge in [-0.25, -0.2) is 8.78 Å². The van der Waals surface area contributed by atoms with Gasteiger partial charge >= 0.3 is 5.97 Å². The third-order valence-corrected chi connectivity index (χ3v) is 3.92. The summed E-state index contributed by atoms with van der Waals surface area (Å²) >= 11 is 0. The number of aryl methyl sites for hydroxylation is 2. The van der Waals surface area contributed by atoms with Gasteiger partial charge in [-0.1, -0.05) is 18.2 Å². The second-order valence-corrected chi connectivity index (χ2v) is 5.74. The third kappa shape index (κ3) is 3.79. The van der Waals surface area contributed by atoms with Gasteiger partial charge in [0.05, 0.1) is 13.0 Å². The fourth-order valence-corrected chi connectivity index (χ4v) is 2.80. The lowest BCUT2D eigenvalue weighted by Gasteiger charge is -2.16. The number of esters is 1. The summed E-state index contributed by atoms with van der Waals surface area (Å²) in [4.78, 5) is 11.6. The number of carbonyl (C=O) groups is 1. The molecule has 0 aliphatic rings. The molecule has 2 aromatic rings. The van der Waals surface area contributed by atoms with E-state index in [9.17, 15) is 13.6 Å². The van der Waals surface area contributed by atoms with Crippen LogP contribution < -0.4 is 5.73 Å². The van der Waals surface area contributed by atoms with Crippen LogP contribution in [0.25, 0.3) is 11.1 Å². The molecule has 1 atom stereocenters. The van der Waals surface area contributed by atoms with E-state index in [1.54, 1.807) is 6.92 Å². The summed E-state index contributed by atoms with van der Waals surface area (Å²) in [5.74, 6) is -2.55. The van der Waals surface area contributed by atoms with Crippen molar-refractivity contribution >= 4 is 5.97 Å². The van der Waals surface area contributed by atoms with Crippen molar-refractivity contribution in [3.63, 3.8) is 0 Å². The number of rotatable bonds is 5. The lowest BCUT2D eigenvalue weighted by Crippen LogP contribution is -2.19. The first kappa shape index (κ1) is 18.1. The van der Waals surface area contributed by atoms with Crippen LogP contribution in [0.2, 0.25) is 0 Å². The van der Waals surface area contributed by atoms with Crippen LogP contribution in [0, 0.1) is 25.5 Å². The van der Waals surface area contributed by atoms with Gasteiger partial charge in [-0.05, 0) is 55.2 Å². The summed E-state index contributed by atoms with van der Waals surface area (Å²) in [5.41, 5.74) is 9.16. The fourth-order valence-electron chi connectivity index (χ4n) is 2.80. The highest BCUT2D eigenvalue weighted by atomic mass is 19.2. The molecule has 3 nitrogen and oxygen atoms in total. The maximum Gasteiger partial charge on any atom is 0.307 e. The first-order chi connectivity index (χ1) is 11.3. The number of benzene rings is 2. The zero-order valence-electron chi connectivity index (χ0n) is 14.0. The SMILES string of the molecule is CCOC(=O)C[C@H](N)c1cc(-c2c(C)cccc2C)cc(F)c1F. The van der Waals surface area contributed by atoms with E-state index in [0.717, 1.165) is 22.8 Å². The standard InChI is InChI=1S/C19H21F2NO2/c1-4-24-17(23)10-16(22)14-8-13(9-15(20)19(14)21)18-11(2)6-5-7-12(18)3/h5-9,16H,4,10,22H2,1-3H3/t16-/m0/s1. The maximum absolute atomic E-state index is 14.2. The Hall–Kier alpha value is -2.27. The van der Waals surface area contributed by atoms with E-state index in [1.165, 1.54) is 6.07 Å². The van der Waals surface area contributed by atoms with Crippen molar-refractivity contribution in [1.82, 2.24) is 0 Å². The van der Waals surface area contributed by atoms with Gasteiger partial charge in [-0.15, -0.1) is 0 Å². The smallest absolute Gasteiger partial charge is 0.307 e. The Morgan fingerprint density at radius 3 is 2.42 bits per heavy atom. The molecule has 24 heavy (non-hydrogen) atoms. The number of nitrogens with two attached hydrogens (primary N) is 1. The molecular weight excluding hydrogens is 312 g/mol. The molecular formula is C19H21F2NO2. The van der Waals surface area contributed by atoms with Gasteiger partial charge in [0, 0.05) is 11.6 Å². The molecule has 0 spiro atoms. The topological polar surface area (TPSA) is 52.3 Å². The Morgan fingerprint density at radius 1 is 1.21 bits per heavy atom. The monoisotopic (exact) mass is 333 g/mol. The molecule has 0 bridgehead atoms. The number of ether oxygens (including phenoxy) is 1. The molecule has 0 fully saturated rings. The van der Waals surface area contributed by atoms with Gasteiger partial charge in [0.2, 0.25) is 0 Å². The van der Waals surface area contributed by atoms with Gasteiger partial charge in [-0.2, -0.15) is 0 Å². The summed E-state index contributed by atoms with van der Waals surface area (Å²) in [6.07, 6.45) is -0.208. The zero-order chi connectivity index (χ0) is 17.9. The molecule has 2 aromatic carbocycles. The molecule has 0 aromatic heterocycles. The molecule has 0 radical (unpaired) electrons. The summed E-state index contributed by atoms with van der Waals surface area (Å²) in [5, 5.41) is 0. The van der Waals surface area contributed by atoms with Crippen LogP contribution in [0.5, 0.6) is 0 Å². The number of carbonyl (C=O) groups excluding carboxylic acids is 1. The lowest BCUT2D eigenvalue weighted by molar-refractivity contribution is -0.143. The molecule has 0 heterocycles. The predicted molar refractivity (Wildman–Crippen MR) is 89.4 cm³/mol. The molecule has 2 rings (SSSR count). The molecule has 0 unspecified atom stereocenters. The van der Waals surface area contributed by atoms with E-state index >= 15 is 0 Å². The third-order valence-electron chi connectivity index (χ3n) is 3.92. The summed E-state index contributed by atoms with van der Waals surface area (Å²) in [6.45, 7) is 5.69. The molecule has 128 valence electrons. The Bertz CT molecular complexity index is 739. The quantitative estimate of drug-likeness (QED) is 0.834. The second kappa shape index (κ2) is 7.53. The van der Waals surface area contributed by atoms with E-state index in [0.29, 0.717) is 5.56 Å². The molecule has 0 amide bonds. The minimum Gasteiger partial charge on any atom is -0.466 e. The Labute approximate surface area is 140 Å². The molecule has 0 aliphatic heterocycles. The number of hydrogen-bond donors (Lipinski definition) is 1. The van der Waals surface area contributed by atoms with Crippen LogP contribution in [0.4, 0.5) is 8.78 Å². The van der Waals surface area contributed by atoms with Gasteiger partial charge in [-0.3, -0.25) is 4.79 Å². The Kier molecular flexibility index (Phi) is 5.67. The van der Waals surface area contributed by atoms with Crippen molar-refractivity contribution in [2.45, 2.75) is 33.2 Å². The van der Waals surface area contributed by atoms with Gasteiger partial charge in [0.25, 0.3) is 0 Å². The predicted octanol–water partition coefficient (Wildman–Crippen LogP) is 4.20. The highest BCUT2D eigenvalue weighted by Gasteiger charge is 2.21. The van der Waals surface area contributed by atoms with Crippen LogP contribution in [0.15, 0.2) is 30.3 Å². The van der Waals surface area contributed by atoms with Crippen LogP contribution in [-0.2, 0) is 9.53 Å². The lowest BCUT2D eigenvalue weighted by atomic mass is 9.92. The van der Waals surface area contributed by atoms with Gasteiger partial charge in [0.1, 0.15) is 0 Å².